The summed E-state index contributed by atoms with van der Waals surface area (Å²) in [6.45, 7) is 3.91. The van der Waals surface area contributed by atoms with Gasteiger partial charge < -0.3 is 15.2 Å². The third kappa shape index (κ3) is 2.60. The highest BCUT2D eigenvalue weighted by Crippen LogP contribution is 2.24. The van der Waals surface area contributed by atoms with Gasteiger partial charge in [0.1, 0.15) is 5.82 Å². The van der Waals surface area contributed by atoms with Crippen LogP contribution in [0.15, 0.2) is 12.1 Å². The molecule has 0 atom stereocenters. The number of rotatable bonds is 3. The van der Waals surface area contributed by atoms with Crippen LogP contribution >= 0.6 is 11.6 Å². The van der Waals surface area contributed by atoms with Crippen LogP contribution in [0.4, 0.5) is 10.3 Å². The Kier molecular flexibility index (Phi) is 3.81. The van der Waals surface area contributed by atoms with E-state index in [9.17, 15) is 4.39 Å². The molecule has 0 unspecified atom stereocenters. The maximum absolute atomic E-state index is 13.6. The molecule has 2 aromatic rings. The number of nitrogens with two attached hydrogens (primary N) is 1. The lowest BCUT2D eigenvalue weighted by molar-refractivity contribution is 0.222. The van der Waals surface area contributed by atoms with Gasteiger partial charge in [-0.05, 0) is 32.0 Å². The maximum atomic E-state index is 13.6. The lowest BCUT2D eigenvalue weighted by Crippen LogP contribution is -2.32. The third-order valence-electron chi connectivity index (χ3n) is 3.91. The van der Waals surface area contributed by atoms with Gasteiger partial charge in [0.05, 0.1) is 16.1 Å². The van der Waals surface area contributed by atoms with Gasteiger partial charge in [-0.25, -0.2) is 9.37 Å². The quantitative estimate of drug-likeness (QED) is 0.947. The molecule has 1 saturated heterocycles. The number of nitrogens with zero attached hydrogens (tertiary/aromatic N) is 3. The minimum atomic E-state index is -0.432. The van der Waals surface area contributed by atoms with Gasteiger partial charge in [0.25, 0.3) is 0 Å². The molecular formula is C14H18ClFN4. The van der Waals surface area contributed by atoms with Crippen molar-refractivity contribution >= 4 is 28.6 Å². The molecule has 3 rings (SSSR count). The molecule has 0 saturated carbocycles. The van der Waals surface area contributed by atoms with Crippen molar-refractivity contribution in [3.05, 3.63) is 23.0 Å². The van der Waals surface area contributed by atoms with Crippen molar-refractivity contribution < 1.29 is 4.39 Å². The Morgan fingerprint density at radius 2 is 1.95 bits per heavy atom. The van der Waals surface area contributed by atoms with E-state index in [2.05, 4.69) is 9.88 Å². The summed E-state index contributed by atoms with van der Waals surface area (Å²) in [7, 11) is 0. The summed E-state index contributed by atoms with van der Waals surface area (Å²) in [6.07, 6.45) is 3.82. The van der Waals surface area contributed by atoms with E-state index < -0.39 is 5.82 Å². The molecule has 1 fully saturated rings. The molecule has 0 amide bonds. The summed E-state index contributed by atoms with van der Waals surface area (Å²) in [6, 6.07) is 2.94. The molecule has 2 N–H and O–H groups in total. The van der Waals surface area contributed by atoms with Crippen molar-refractivity contribution in [2.75, 3.05) is 25.4 Å². The fourth-order valence-electron chi connectivity index (χ4n) is 2.80. The second kappa shape index (κ2) is 5.58. The second-order valence-corrected chi connectivity index (χ2v) is 5.69. The first kappa shape index (κ1) is 13.6. The van der Waals surface area contributed by atoms with E-state index in [4.69, 9.17) is 17.3 Å². The normalized spacial score (nSPS) is 16.9. The van der Waals surface area contributed by atoms with E-state index in [0.717, 1.165) is 26.2 Å². The highest BCUT2D eigenvalue weighted by atomic mass is 35.5. The molecule has 1 aromatic heterocycles. The number of imidazole rings is 1. The highest BCUT2D eigenvalue weighted by molar-refractivity contribution is 6.31. The van der Waals surface area contributed by atoms with Gasteiger partial charge >= 0.3 is 0 Å². The van der Waals surface area contributed by atoms with Crippen LogP contribution in [0, 0.1) is 5.82 Å². The Labute approximate surface area is 122 Å². The number of fused-ring (bicyclic) bond motifs is 1. The topological polar surface area (TPSA) is 47.1 Å². The van der Waals surface area contributed by atoms with Crippen LogP contribution < -0.4 is 5.73 Å². The van der Waals surface area contributed by atoms with E-state index in [1.54, 1.807) is 0 Å². The first-order valence-electron chi connectivity index (χ1n) is 6.98. The van der Waals surface area contributed by atoms with Crippen LogP contribution in [0.5, 0.6) is 0 Å². The van der Waals surface area contributed by atoms with Crippen molar-refractivity contribution in [1.82, 2.24) is 14.5 Å². The van der Waals surface area contributed by atoms with Crippen LogP contribution in [-0.2, 0) is 6.54 Å². The van der Waals surface area contributed by atoms with Crippen LogP contribution in [0.1, 0.15) is 19.3 Å². The highest BCUT2D eigenvalue weighted by Gasteiger charge is 2.14. The molecule has 108 valence electrons. The predicted molar refractivity (Wildman–Crippen MR) is 79.4 cm³/mol. The van der Waals surface area contributed by atoms with Gasteiger partial charge in [-0.2, -0.15) is 0 Å². The molecule has 4 nitrogen and oxygen atoms in total. The number of piperidine rings is 1. The lowest BCUT2D eigenvalue weighted by atomic mass is 10.1. The number of halogens is 2. The molecule has 2 heterocycles. The Balaban J connectivity index is 1.83. The standard InChI is InChI=1S/C14H18ClFN4/c15-10-8-12-13(9-11(10)16)20(14(17)18-12)7-6-19-4-2-1-3-5-19/h8-9H,1-7H2,(H2,17,18). The summed E-state index contributed by atoms with van der Waals surface area (Å²) >= 11 is 5.77. The van der Waals surface area contributed by atoms with Crippen LogP contribution in [0.25, 0.3) is 11.0 Å². The average molecular weight is 297 g/mol. The Hall–Kier alpha value is -1.33. The van der Waals surface area contributed by atoms with E-state index >= 15 is 0 Å². The number of benzene rings is 1. The van der Waals surface area contributed by atoms with Crippen molar-refractivity contribution in [1.29, 1.82) is 0 Å². The van der Waals surface area contributed by atoms with Crippen LogP contribution in [-0.4, -0.2) is 34.1 Å². The van der Waals surface area contributed by atoms with Crippen molar-refractivity contribution in [2.45, 2.75) is 25.8 Å². The summed E-state index contributed by atoms with van der Waals surface area (Å²) in [5.41, 5.74) is 7.29. The molecule has 0 radical (unpaired) electrons. The number of hydrogen-bond donors (Lipinski definition) is 1. The van der Waals surface area contributed by atoms with Gasteiger partial charge in [-0.3, -0.25) is 0 Å². The summed E-state index contributed by atoms with van der Waals surface area (Å²) < 4.78 is 15.5. The SMILES string of the molecule is Nc1nc2cc(Cl)c(F)cc2n1CCN1CCCCC1. The van der Waals surface area contributed by atoms with Gasteiger partial charge in [0.15, 0.2) is 0 Å². The molecule has 0 bridgehead atoms. The third-order valence-corrected chi connectivity index (χ3v) is 4.20. The van der Waals surface area contributed by atoms with E-state index in [-0.39, 0.29) is 5.02 Å². The molecule has 6 heteroatoms. The smallest absolute Gasteiger partial charge is 0.201 e. The van der Waals surface area contributed by atoms with Crippen molar-refractivity contribution in [3.8, 4) is 0 Å². The van der Waals surface area contributed by atoms with Crippen molar-refractivity contribution in [2.24, 2.45) is 0 Å². The Morgan fingerprint density at radius 3 is 2.70 bits per heavy atom. The molecule has 0 aliphatic carbocycles. The van der Waals surface area contributed by atoms with Gasteiger partial charge in [-0.15, -0.1) is 0 Å². The molecule has 20 heavy (non-hydrogen) atoms. The van der Waals surface area contributed by atoms with E-state index in [1.165, 1.54) is 31.4 Å². The number of nitrogen functional groups attached to an aromatic ring is 1. The maximum Gasteiger partial charge on any atom is 0.201 e. The van der Waals surface area contributed by atoms with Crippen molar-refractivity contribution in [3.63, 3.8) is 0 Å². The first-order valence-corrected chi connectivity index (χ1v) is 7.36. The van der Waals surface area contributed by atoms with Gasteiger partial charge in [0.2, 0.25) is 5.95 Å². The lowest BCUT2D eigenvalue weighted by Gasteiger charge is -2.26. The number of likely N-dealkylation sites (tertiary alicyclic amines) is 1. The minimum Gasteiger partial charge on any atom is -0.369 e. The monoisotopic (exact) mass is 296 g/mol. The molecule has 1 aliphatic heterocycles. The molecule has 1 aliphatic rings. The second-order valence-electron chi connectivity index (χ2n) is 5.28. The van der Waals surface area contributed by atoms with Gasteiger partial charge in [-0.1, -0.05) is 18.0 Å². The average Bonchev–Trinajstić information content (AvgIpc) is 2.73. The van der Waals surface area contributed by atoms with E-state index in [0.29, 0.717) is 17.0 Å². The summed E-state index contributed by atoms with van der Waals surface area (Å²) in [5, 5.41) is 0.0816. The first-order chi connectivity index (χ1) is 9.65. The fraction of sp³-hybridized carbons (Fsp3) is 0.500. The molecule has 0 spiro atoms. The van der Waals surface area contributed by atoms with Gasteiger partial charge in [0, 0.05) is 19.2 Å². The molecular weight excluding hydrogens is 279 g/mol. The zero-order chi connectivity index (χ0) is 14.1. The van der Waals surface area contributed by atoms with Crippen LogP contribution in [0.2, 0.25) is 5.02 Å². The largest absolute Gasteiger partial charge is 0.369 e. The summed E-state index contributed by atoms with van der Waals surface area (Å²) in [5.74, 6) is -0.0167. The number of hydrogen-bond acceptors (Lipinski definition) is 3. The van der Waals surface area contributed by atoms with E-state index in [1.807, 2.05) is 4.57 Å². The summed E-state index contributed by atoms with van der Waals surface area (Å²) in [4.78, 5) is 6.67. The minimum absolute atomic E-state index is 0.0816. The Morgan fingerprint density at radius 1 is 1.20 bits per heavy atom. The zero-order valence-corrected chi connectivity index (χ0v) is 12.0. The molecule has 1 aromatic carbocycles. The Bertz CT molecular complexity index is 619. The fourth-order valence-corrected chi connectivity index (χ4v) is 2.96. The zero-order valence-electron chi connectivity index (χ0n) is 11.3. The number of anilines is 1. The number of aromatic nitrogens is 2. The predicted octanol–water partition coefficient (Wildman–Crippen LogP) is 2.90. The van der Waals surface area contributed by atoms with Crippen LogP contribution in [0.3, 0.4) is 0 Å².